The fourth-order valence-corrected chi connectivity index (χ4v) is 18.1. The Hall–Kier alpha value is -13.5. The molecule has 12 unspecified atom stereocenters. The molecule has 10 aromatic heterocycles. The Morgan fingerprint density at radius 3 is 1.07 bits per heavy atom. The van der Waals surface area contributed by atoms with Crippen LogP contribution in [0, 0.1) is 76.8 Å². The third-order valence-electron chi connectivity index (χ3n) is 23.9. The van der Waals surface area contributed by atoms with Gasteiger partial charge in [-0.1, -0.05) is 18.2 Å². The van der Waals surface area contributed by atoms with Crippen LogP contribution in [0.25, 0.3) is 34.2 Å². The summed E-state index contributed by atoms with van der Waals surface area (Å²) in [5.41, 5.74) is 8.00. The van der Waals surface area contributed by atoms with Crippen LogP contribution < -0.4 is 18.9 Å². The third-order valence-corrected chi connectivity index (χ3v) is 23.9. The van der Waals surface area contributed by atoms with Gasteiger partial charge in [-0.3, -0.25) is 29.1 Å². The molecule has 2 aromatic carbocycles. The standard InChI is InChI=1S/2C23H22FN5O2.C22H24N6O2.C21H23N7O2/c1-14-11-28-20(12-27-14)31-19-10-15-6-7-18(19)29(13-15)23(30)16-4-2-5-17(24)21(16)22-25-8-3-9-26-22;1-14-11-27-23(28-12-14)31-19-10-15-6-7-18(19)29(13-15)22(30)16-4-2-5-17(24)20(16)21-25-8-3-9-26-21;1-14-3-8-20(23-12-14)30-19-11-16-5-7-17(19)27(13-16)22(29)21-18(6-4-15(2)26-21)28-24-9-10-25-28;1-13-3-5-17(28-24-7-8-25-28)20(26-13)21(29)27-12-15-4-6-16(27)18(9-15)30-19-11-22-14(2)10-23-19/h2*2-5,8-9,11-12,15,18-19H,6-7,10,13H2,1H3;3-4,6,8-10,12,16-17,19H,5,7,11,13H2,1-2H3;3,5,7-8,10-11,15-16,18H,4,6,9,12H2,1-2H3. The average molecular weight is 1650 g/mol. The Bertz CT molecular complexity index is 5330. The first-order valence-corrected chi connectivity index (χ1v) is 41.4. The molecule has 12 aliphatic rings. The molecule has 8 bridgehead atoms. The molecule has 8 saturated heterocycles. The second kappa shape index (κ2) is 35.8. The van der Waals surface area contributed by atoms with Gasteiger partial charge in [0.1, 0.15) is 47.4 Å². The molecule has 12 fully saturated rings. The number of pyridine rings is 3. The van der Waals surface area contributed by atoms with Gasteiger partial charge in [-0.15, -0.1) is 9.59 Å². The van der Waals surface area contributed by atoms with Gasteiger partial charge in [-0.2, -0.15) is 20.4 Å². The molecule has 0 spiro atoms. The average Bonchev–Trinajstić information content (AvgIpc) is 0.810. The molecule has 12 atom stereocenters. The van der Waals surface area contributed by atoms with Gasteiger partial charge in [-0.05, 0) is 214 Å². The largest absolute Gasteiger partial charge is 0.472 e. The van der Waals surface area contributed by atoms with Gasteiger partial charge in [0.25, 0.3) is 23.6 Å². The van der Waals surface area contributed by atoms with Crippen LogP contribution >= 0.6 is 0 Å². The maximum Gasteiger partial charge on any atom is 0.316 e. The number of nitrogens with zero attached hydrogens (tertiary/aromatic N) is 23. The summed E-state index contributed by atoms with van der Waals surface area (Å²) in [6, 6.07) is 23.7. The summed E-state index contributed by atoms with van der Waals surface area (Å²) in [5, 5.41) is 16.8. The van der Waals surface area contributed by atoms with Gasteiger partial charge < -0.3 is 38.5 Å². The van der Waals surface area contributed by atoms with Gasteiger partial charge in [0.15, 0.2) is 23.0 Å². The summed E-state index contributed by atoms with van der Waals surface area (Å²) in [5.74, 6) is 1.79. The fraction of sp³-hybridized carbons (Fsp3) is 0.382. The molecule has 122 heavy (non-hydrogen) atoms. The Kier molecular flexibility index (Phi) is 23.8. The van der Waals surface area contributed by atoms with Crippen molar-refractivity contribution in [2.75, 3.05) is 26.2 Å². The number of piperidine rings is 8. The Morgan fingerprint density at radius 1 is 0.336 bits per heavy atom. The van der Waals surface area contributed by atoms with Crippen molar-refractivity contribution in [3.05, 3.63) is 246 Å². The van der Waals surface area contributed by atoms with Crippen molar-refractivity contribution < 1.29 is 46.9 Å². The molecule has 31 nitrogen and oxygen atoms in total. The van der Waals surface area contributed by atoms with Gasteiger partial charge in [0.05, 0.1) is 107 Å². The third kappa shape index (κ3) is 17.7. The number of rotatable bonds is 16. The molecule has 18 heterocycles. The van der Waals surface area contributed by atoms with Crippen molar-refractivity contribution in [3.63, 3.8) is 0 Å². The quantitative estimate of drug-likeness (QED) is 0.0867. The van der Waals surface area contributed by atoms with Gasteiger partial charge in [0.2, 0.25) is 17.6 Å². The van der Waals surface area contributed by atoms with Crippen molar-refractivity contribution in [1.82, 2.24) is 114 Å². The molecular formula is C89H91F2N23O8. The second-order valence-electron chi connectivity index (χ2n) is 32.4. The topological polar surface area (TPSA) is 347 Å². The lowest BCUT2D eigenvalue weighted by Gasteiger charge is -2.49. The summed E-state index contributed by atoms with van der Waals surface area (Å²) in [6.45, 7) is 14.1. The number of hydrogen-bond acceptors (Lipinski definition) is 25. The predicted molar refractivity (Wildman–Crippen MR) is 438 cm³/mol. The molecule has 4 saturated carbocycles. The molecule has 8 aliphatic heterocycles. The second-order valence-corrected chi connectivity index (χ2v) is 32.4. The molecule has 24 rings (SSSR count). The van der Waals surface area contributed by atoms with Crippen molar-refractivity contribution in [2.45, 2.75) is 167 Å². The van der Waals surface area contributed by atoms with Crippen LogP contribution in [0.2, 0.25) is 0 Å². The number of carbonyl (C=O) groups excluding carboxylic acids is 4. The van der Waals surface area contributed by atoms with Crippen molar-refractivity contribution in [1.29, 1.82) is 0 Å². The lowest BCUT2D eigenvalue weighted by molar-refractivity contribution is -0.0330. The number of ether oxygens (including phenoxy) is 4. The molecule has 0 radical (unpaired) electrons. The Morgan fingerprint density at radius 2 is 0.705 bits per heavy atom. The number of amides is 4. The lowest BCUT2D eigenvalue weighted by Crippen LogP contribution is -2.59. The summed E-state index contributed by atoms with van der Waals surface area (Å²) in [4.78, 5) is 121. The Balaban J connectivity index is 0.000000116. The van der Waals surface area contributed by atoms with Crippen LogP contribution in [0.1, 0.15) is 153 Å². The number of hydrogen-bond donors (Lipinski definition) is 0. The zero-order valence-corrected chi connectivity index (χ0v) is 68.3. The van der Waals surface area contributed by atoms with E-state index >= 15 is 0 Å². The number of carbonyl (C=O) groups is 4. The first kappa shape index (κ1) is 80.9. The van der Waals surface area contributed by atoms with Crippen molar-refractivity contribution in [2.24, 2.45) is 23.7 Å². The van der Waals surface area contributed by atoms with Crippen molar-refractivity contribution in [3.8, 4) is 57.8 Å². The predicted octanol–water partition coefficient (Wildman–Crippen LogP) is 11.8. The minimum absolute atomic E-state index is 0.00588. The molecule has 12 aromatic rings. The van der Waals surface area contributed by atoms with Crippen LogP contribution in [0.3, 0.4) is 0 Å². The van der Waals surface area contributed by atoms with Gasteiger partial charge >= 0.3 is 6.01 Å². The van der Waals surface area contributed by atoms with Gasteiger partial charge in [0, 0.05) is 87.0 Å². The van der Waals surface area contributed by atoms with E-state index in [0.29, 0.717) is 89.7 Å². The van der Waals surface area contributed by atoms with Crippen LogP contribution in [0.4, 0.5) is 8.78 Å². The number of fused-ring (bicyclic) bond motifs is 12. The summed E-state index contributed by atoms with van der Waals surface area (Å²) in [7, 11) is 0. The Labute approximate surface area is 702 Å². The van der Waals surface area contributed by atoms with E-state index in [1.807, 2.05) is 97.5 Å². The summed E-state index contributed by atoms with van der Waals surface area (Å²) >= 11 is 0. The zero-order chi connectivity index (χ0) is 84.1. The van der Waals surface area contributed by atoms with E-state index in [2.05, 4.69) is 85.2 Å². The van der Waals surface area contributed by atoms with E-state index in [4.69, 9.17) is 18.9 Å². The van der Waals surface area contributed by atoms with E-state index in [1.165, 1.54) is 34.1 Å². The van der Waals surface area contributed by atoms with E-state index in [1.54, 1.807) is 117 Å². The smallest absolute Gasteiger partial charge is 0.316 e. The number of halogens is 2. The van der Waals surface area contributed by atoms with E-state index in [9.17, 15) is 28.0 Å². The van der Waals surface area contributed by atoms with Crippen LogP contribution in [-0.4, -0.2) is 213 Å². The minimum Gasteiger partial charge on any atom is -0.472 e. The van der Waals surface area contributed by atoms with E-state index in [-0.39, 0.29) is 106 Å². The highest BCUT2D eigenvalue weighted by Crippen LogP contribution is 2.44. The van der Waals surface area contributed by atoms with E-state index in [0.717, 1.165) is 117 Å². The highest BCUT2D eigenvalue weighted by Gasteiger charge is 2.50. The normalized spacial score (nSPS) is 22.6. The minimum atomic E-state index is -0.514. The van der Waals surface area contributed by atoms with Crippen molar-refractivity contribution >= 4 is 23.6 Å². The molecule has 624 valence electrons. The highest BCUT2D eigenvalue weighted by atomic mass is 19.1. The molecular weight excluding hydrogens is 1560 g/mol. The van der Waals surface area contributed by atoms with Gasteiger partial charge in [-0.25, -0.2) is 63.6 Å². The number of benzene rings is 2. The summed E-state index contributed by atoms with van der Waals surface area (Å²) in [6.07, 6.45) is 35.2. The van der Waals surface area contributed by atoms with Crippen LogP contribution in [0.15, 0.2) is 178 Å². The zero-order valence-electron chi connectivity index (χ0n) is 68.3. The number of aryl methyl sites for hydroxylation is 6. The highest BCUT2D eigenvalue weighted by molar-refractivity contribution is 6.02. The molecule has 4 amide bonds. The van der Waals surface area contributed by atoms with E-state index < -0.39 is 11.6 Å². The molecule has 4 aliphatic carbocycles. The van der Waals surface area contributed by atoms with Crippen LogP contribution in [-0.2, 0) is 0 Å². The fourth-order valence-electron chi connectivity index (χ4n) is 18.1. The number of aromatic nitrogens is 19. The van der Waals surface area contributed by atoms with Crippen LogP contribution in [0.5, 0.6) is 23.7 Å². The first-order valence-electron chi connectivity index (χ1n) is 41.4. The maximum atomic E-state index is 14.8. The lowest BCUT2D eigenvalue weighted by atomic mass is 9.77. The molecule has 0 N–H and O–H groups in total. The molecule has 33 heteroatoms. The maximum absolute atomic E-state index is 14.8. The SMILES string of the molecule is Cc1ccc(OC2CC3CCC2N(C(=O)c2nc(C)ccc2-n2nccn2)C3)nc1.Cc1cnc(OC2CC3CCC2N(C(=O)c2cccc(F)c2-c2ncccn2)C3)cn1.Cc1cnc(OC2CC3CCC2N(C(=O)c2cccc(F)c2-c2ncccn2)C3)nc1.Cc1cnc(OC2CC3CCC2N(C(=O)c2nc(C)ccc2-n2nccn2)C3)cn1. The summed E-state index contributed by atoms with van der Waals surface area (Å²) < 4.78 is 54.1. The first-order chi connectivity index (χ1) is 59.4. The monoisotopic (exact) mass is 1650 g/mol.